The number of ether oxygens (including phenoxy) is 1. The van der Waals surface area contributed by atoms with Crippen molar-refractivity contribution in [1.29, 1.82) is 0 Å². The minimum atomic E-state index is 0.265. The van der Waals surface area contributed by atoms with Gasteiger partial charge in [0.1, 0.15) is 11.5 Å². The number of allylic oxidation sites excluding steroid dienone is 1. The van der Waals surface area contributed by atoms with E-state index in [-0.39, 0.29) is 5.75 Å². The summed E-state index contributed by atoms with van der Waals surface area (Å²) in [5.74, 6) is 6.40. The maximum atomic E-state index is 9.73. The van der Waals surface area contributed by atoms with Gasteiger partial charge in [0.15, 0.2) is 0 Å². The third-order valence-electron chi connectivity index (χ3n) is 4.81. The van der Waals surface area contributed by atoms with Gasteiger partial charge in [-0.1, -0.05) is 61.5 Å². The van der Waals surface area contributed by atoms with E-state index < -0.39 is 0 Å². The maximum absolute atomic E-state index is 9.73. The zero-order chi connectivity index (χ0) is 20.5. The van der Waals surface area contributed by atoms with Crippen molar-refractivity contribution in [3.63, 3.8) is 0 Å². The van der Waals surface area contributed by atoms with E-state index in [4.69, 9.17) is 10.6 Å². The molecule has 0 heterocycles. The van der Waals surface area contributed by atoms with E-state index in [9.17, 15) is 5.11 Å². The van der Waals surface area contributed by atoms with E-state index in [2.05, 4.69) is 48.7 Å². The molecule has 4 heteroatoms. The average Bonchev–Trinajstić information content (AvgIpc) is 2.77. The normalized spacial score (nSPS) is 11.8. The third kappa shape index (κ3) is 5.47. The van der Waals surface area contributed by atoms with Gasteiger partial charge in [0, 0.05) is 6.54 Å². The highest BCUT2D eigenvalue weighted by Gasteiger charge is 2.13. The topological polar surface area (TPSA) is 67.5 Å². The summed E-state index contributed by atoms with van der Waals surface area (Å²) in [6.45, 7) is 3.52. The van der Waals surface area contributed by atoms with Gasteiger partial charge in [-0.15, -0.1) is 0 Å². The molecule has 0 atom stereocenters. The minimum Gasteiger partial charge on any atom is -0.508 e. The Morgan fingerprint density at radius 1 is 0.862 bits per heavy atom. The number of rotatable bonds is 9. The zero-order valence-corrected chi connectivity index (χ0v) is 16.8. The molecule has 3 aromatic carbocycles. The summed E-state index contributed by atoms with van der Waals surface area (Å²) in [6.07, 6.45) is 1.75. The van der Waals surface area contributed by atoms with Crippen LogP contribution in [0, 0.1) is 0 Å². The van der Waals surface area contributed by atoms with Gasteiger partial charge in [-0.25, -0.2) is 0 Å². The van der Waals surface area contributed by atoms with Crippen LogP contribution in [-0.4, -0.2) is 18.3 Å². The molecule has 0 aliphatic heterocycles. The molecule has 0 aromatic heterocycles. The molecule has 3 rings (SSSR count). The Kier molecular flexibility index (Phi) is 7.45. The van der Waals surface area contributed by atoms with E-state index in [1.807, 2.05) is 30.3 Å². The van der Waals surface area contributed by atoms with Crippen LogP contribution < -0.4 is 16.0 Å². The van der Waals surface area contributed by atoms with Gasteiger partial charge in [-0.3, -0.25) is 11.3 Å². The number of benzene rings is 3. The summed E-state index contributed by atoms with van der Waals surface area (Å²) in [7, 11) is 0. The molecule has 150 valence electrons. The smallest absolute Gasteiger partial charge is 0.119 e. The molecule has 0 spiro atoms. The fourth-order valence-corrected chi connectivity index (χ4v) is 3.39. The van der Waals surface area contributed by atoms with Crippen molar-refractivity contribution in [2.24, 2.45) is 5.84 Å². The summed E-state index contributed by atoms with van der Waals surface area (Å²) in [5, 5.41) is 9.73. The predicted molar refractivity (Wildman–Crippen MR) is 119 cm³/mol. The average molecular weight is 389 g/mol. The first kappa shape index (κ1) is 20.6. The van der Waals surface area contributed by atoms with Crippen LogP contribution in [0.25, 0.3) is 11.1 Å². The molecule has 0 amide bonds. The summed E-state index contributed by atoms with van der Waals surface area (Å²) in [6, 6.07) is 26.0. The molecular formula is C25H28N2O2. The van der Waals surface area contributed by atoms with Gasteiger partial charge in [-0.05, 0) is 64.9 Å². The van der Waals surface area contributed by atoms with E-state index in [0.717, 1.165) is 41.8 Å². The molecule has 4 N–H and O–H groups in total. The second kappa shape index (κ2) is 10.5. The molecule has 0 unspecified atom stereocenters. The number of hydrazine groups is 1. The van der Waals surface area contributed by atoms with Gasteiger partial charge in [-0.2, -0.15) is 0 Å². The number of hydrogen-bond donors (Lipinski definition) is 3. The first-order valence-corrected chi connectivity index (χ1v) is 9.97. The van der Waals surface area contributed by atoms with Gasteiger partial charge < -0.3 is 9.84 Å². The number of phenolic OH excluding ortho intramolecular Hbond substituents is 1. The largest absolute Gasteiger partial charge is 0.508 e. The molecular weight excluding hydrogens is 360 g/mol. The van der Waals surface area contributed by atoms with Gasteiger partial charge in [0.25, 0.3) is 0 Å². The van der Waals surface area contributed by atoms with Crippen LogP contribution in [0.2, 0.25) is 0 Å². The van der Waals surface area contributed by atoms with E-state index in [0.29, 0.717) is 6.61 Å². The van der Waals surface area contributed by atoms with E-state index in [1.165, 1.54) is 11.1 Å². The zero-order valence-electron chi connectivity index (χ0n) is 16.8. The Bertz CT molecular complexity index is 917. The van der Waals surface area contributed by atoms with Crippen molar-refractivity contribution in [3.05, 3.63) is 95.6 Å². The fraction of sp³-hybridized carbons (Fsp3) is 0.200. The molecule has 0 aliphatic carbocycles. The Labute approximate surface area is 172 Å². The summed E-state index contributed by atoms with van der Waals surface area (Å²) in [4.78, 5) is 0. The monoisotopic (exact) mass is 388 g/mol. The summed E-state index contributed by atoms with van der Waals surface area (Å²) in [5.41, 5.74) is 8.45. The number of aromatic hydroxyl groups is 1. The standard InChI is InChI=1S/C25H28N2O2/c1-2-24(19-7-4-3-5-8-19)25(20-9-13-22(28)14-10-20)21-11-15-23(16-12-21)29-18-6-17-27-26/h3-5,7-16,27-28H,2,6,17-18,26H2,1H3/b25-24-. The van der Waals surface area contributed by atoms with Gasteiger partial charge in [0.2, 0.25) is 0 Å². The summed E-state index contributed by atoms with van der Waals surface area (Å²) < 4.78 is 5.79. The second-order valence-corrected chi connectivity index (χ2v) is 6.80. The van der Waals surface area contributed by atoms with Crippen LogP contribution in [0.1, 0.15) is 36.5 Å². The lowest BCUT2D eigenvalue weighted by Gasteiger charge is -2.17. The molecule has 0 bridgehead atoms. The van der Waals surface area contributed by atoms with Crippen LogP contribution in [0.4, 0.5) is 0 Å². The number of nitrogens with two attached hydrogens (primary N) is 1. The highest BCUT2D eigenvalue weighted by atomic mass is 16.5. The second-order valence-electron chi connectivity index (χ2n) is 6.80. The van der Waals surface area contributed by atoms with Crippen LogP contribution >= 0.6 is 0 Å². The van der Waals surface area contributed by atoms with E-state index >= 15 is 0 Å². The molecule has 0 aliphatic rings. The van der Waals surface area contributed by atoms with Crippen molar-refractivity contribution in [3.8, 4) is 11.5 Å². The lowest BCUT2D eigenvalue weighted by molar-refractivity contribution is 0.308. The van der Waals surface area contributed by atoms with Crippen molar-refractivity contribution >= 4 is 11.1 Å². The molecule has 0 radical (unpaired) electrons. The highest BCUT2D eigenvalue weighted by Crippen LogP contribution is 2.35. The molecule has 0 fully saturated rings. The Hall–Kier alpha value is -3.08. The third-order valence-corrected chi connectivity index (χ3v) is 4.81. The molecule has 0 saturated heterocycles. The lowest BCUT2D eigenvalue weighted by Crippen LogP contribution is -2.24. The number of nitrogens with one attached hydrogen (secondary N) is 1. The van der Waals surface area contributed by atoms with E-state index in [1.54, 1.807) is 12.1 Å². The van der Waals surface area contributed by atoms with Crippen molar-refractivity contribution in [2.75, 3.05) is 13.2 Å². The highest BCUT2D eigenvalue weighted by molar-refractivity contribution is 5.98. The molecule has 4 nitrogen and oxygen atoms in total. The first-order valence-electron chi connectivity index (χ1n) is 9.97. The van der Waals surface area contributed by atoms with Gasteiger partial charge >= 0.3 is 0 Å². The number of hydrogen-bond acceptors (Lipinski definition) is 4. The van der Waals surface area contributed by atoms with Crippen LogP contribution in [0.15, 0.2) is 78.9 Å². The molecule has 29 heavy (non-hydrogen) atoms. The molecule has 0 saturated carbocycles. The van der Waals surface area contributed by atoms with Gasteiger partial charge in [0.05, 0.1) is 6.61 Å². The van der Waals surface area contributed by atoms with Crippen LogP contribution in [0.3, 0.4) is 0 Å². The predicted octanol–water partition coefficient (Wildman–Crippen LogP) is 4.99. The van der Waals surface area contributed by atoms with Crippen molar-refractivity contribution < 1.29 is 9.84 Å². The Morgan fingerprint density at radius 2 is 1.48 bits per heavy atom. The van der Waals surface area contributed by atoms with Crippen LogP contribution in [-0.2, 0) is 0 Å². The summed E-state index contributed by atoms with van der Waals surface area (Å²) >= 11 is 0. The van der Waals surface area contributed by atoms with Crippen molar-refractivity contribution in [1.82, 2.24) is 5.43 Å². The van der Waals surface area contributed by atoms with Crippen LogP contribution in [0.5, 0.6) is 11.5 Å². The van der Waals surface area contributed by atoms with Crippen molar-refractivity contribution in [2.45, 2.75) is 19.8 Å². The number of phenols is 1. The molecule has 3 aromatic rings. The first-order chi connectivity index (χ1) is 14.2. The fourth-order valence-electron chi connectivity index (χ4n) is 3.39. The lowest BCUT2D eigenvalue weighted by atomic mass is 9.88. The Balaban J connectivity index is 1.99. The Morgan fingerprint density at radius 3 is 2.07 bits per heavy atom. The minimum absolute atomic E-state index is 0.265. The quantitative estimate of drug-likeness (QED) is 0.209. The SMILES string of the molecule is CC/C(=C(\c1ccc(O)cc1)c1ccc(OCCCNN)cc1)c1ccccc1. The maximum Gasteiger partial charge on any atom is 0.119 e.